The fourth-order valence-corrected chi connectivity index (χ4v) is 5.27. The summed E-state index contributed by atoms with van der Waals surface area (Å²) in [5, 5.41) is 6.87. The van der Waals surface area contributed by atoms with E-state index in [-0.39, 0.29) is 11.9 Å². The van der Waals surface area contributed by atoms with E-state index >= 15 is 0 Å². The topological polar surface area (TPSA) is 67.1 Å². The minimum Gasteiger partial charge on any atom is -0.384 e. The van der Waals surface area contributed by atoms with Crippen molar-refractivity contribution in [1.82, 2.24) is 5.32 Å². The summed E-state index contributed by atoms with van der Waals surface area (Å²) in [6.45, 7) is 9.33. The Morgan fingerprint density at radius 1 is 1.06 bits per heavy atom. The average Bonchev–Trinajstić information content (AvgIpc) is 2.81. The fourth-order valence-electron chi connectivity index (χ4n) is 5.27. The maximum Gasteiger partial charge on any atom is 0.237 e. The van der Waals surface area contributed by atoms with Crippen LogP contribution >= 0.6 is 0 Å². The Kier molecular flexibility index (Phi) is 7.38. The number of amides is 1. The Morgan fingerprint density at radius 2 is 1.76 bits per heavy atom. The highest BCUT2D eigenvalue weighted by Crippen LogP contribution is 2.35. The van der Waals surface area contributed by atoms with Crippen LogP contribution in [0.25, 0.3) is 0 Å². The van der Waals surface area contributed by atoms with Crippen LogP contribution in [-0.2, 0) is 24.1 Å². The van der Waals surface area contributed by atoms with Gasteiger partial charge in [0.15, 0.2) is 0 Å². The maximum atomic E-state index is 13.2. The number of anilines is 1. The Labute approximate surface area is 204 Å². The largest absolute Gasteiger partial charge is 0.384 e. The monoisotopic (exact) mass is 455 g/mol. The van der Waals surface area contributed by atoms with Crippen LogP contribution < -0.4 is 16.4 Å². The second kappa shape index (κ2) is 10.4. The van der Waals surface area contributed by atoms with Gasteiger partial charge in [-0.2, -0.15) is 0 Å². The lowest BCUT2D eigenvalue weighted by molar-refractivity contribution is -0.123. The van der Waals surface area contributed by atoms with Crippen molar-refractivity contribution in [2.45, 2.75) is 65.5 Å². The molecule has 0 aliphatic carbocycles. The van der Waals surface area contributed by atoms with Crippen molar-refractivity contribution in [2.75, 3.05) is 11.9 Å². The summed E-state index contributed by atoms with van der Waals surface area (Å²) in [7, 11) is 0. The van der Waals surface area contributed by atoms with Crippen LogP contribution in [0.4, 0.5) is 5.69 Å². The molecule has 2 atom stereocenters. The third-order valence-corrected chi connectivity index (χ3v) is 6.97. The maximum absolute atomic E-state index is 13.2. The first-order valence-corrected chi connectivity index (χ1v) is 12.4. The van der Waals surface area contributed by atoms with Gasteiger partial charge in [-0.25, -0.2) is 0 Å². The highest BCUT2D eigenvalue weighted by molar-refractivity contribution is 5.83. The van der Waals surface area contributed by atoms with Gasteiger partial charge in [0.25, 0.3) is 0 Å². The molecule has 0 bridgehead atoms. The van der Waals surface area contributed by atoms with Gasteiger partial charge in [0, 0.05) is 12.2 Å². The van der Waals surface area contributed by atoms with Crippen LogP contribution in [-0.4, -0.2) is 18.5 Å². The number of carbonyl (C=O) groups is 1. The first-order chi connectivity index (χ1) is 16.4. The zero-order chi connectivity index (χ0) is 24.2. The van der Waals surface area contributed by atoms with Crippen LogP contribution in [0.1, 0.15) is 63.9 Å². The predicted molar refractivity (Wildman–Crippen MR) is 141 cm³/mol. The third kappa shape index (κ3) is 5.34. The van der Waals surface area contributed by atoms with E-state index < -0.39 is 6.04 Å². The number of nitrogens with one attached hydrogen (secondary N) is 2. The molecule has 3 aromatic rings. The van der Waals surface area contributed by atoms with E-state index in [9.17, 15) is 4.79 Å². The van der Waals surface area contributed by atoms with Crippen LogP contribution in [0.15, 0.2) is 54.6 Å². The van der Waals surface area contributed by atoms with Crippen molar-refractivity contribution < 1.29 is 4.79 Å². The number of benzene rings is 3. The highest BCUT2D eigenvalue weighted by atomic mass is 16.2. The van der Waals surface area contributed by atoms with Crippen molar-refractivity contribution in [3.05, 3.63) is 99.1 Å². The molecule has 4 rings (SSSR count). The lowest BCUT2D eigenvalue weighted by atomic mass is 9.89. The molecule has 0 aromatic heterocycles. The molecule has 0 radical (unpaired) electrons. The van der Waals surface area contributed by atoms with Crippen molar-refractivity contribution in [2.24, 2.45) is 5.73 Å². The lowest BCUT2D eigenvalue weighted by Crippen LogP contribution is -2.45. The zero-order valence-corrected chi connectivity index (χ0v) is 20.9. The van der Waals surface area contributed by atoms with E-state index in [1.807, 2.05) is 6.07 Å². The van der Waals surface area contributed by atoms with Gasteiger partial charge in [-0.1, -0.05) is 67.1 Å². The van der Waals surface area contributed by atoms with E-state index in [4.69, 9.17) is 5.73 Å². The Morgan fingerprint density at radius 3 is 2.44 bits per heavy atom. The van der Waals surface area contributed by atoms with Crippen LogP contribution in [0.5, 0.6) is 0 Å². The average molecular weight is 456 g/mol. The van der Waals surface area contributed by atoms with Crippen LogP contribution in [0.3, 0.4) is 0 Å². The summed E-state index contributed by atoms with van der Waals surface area (Å²) in [6.07, 6.45) is 3.24. The van der Waals surface area contributed by atoms with E-state index in [2.05, 4.69) is 86.9 Å². The summed E-state index contributed by atoms with van der Waals surface area (Å²) in [5.41, 5.74) is 17.5. The number of carbonyl (C=O) groups excluding carboxylic acids is 1. The van der Waals surface area contributed by atoms with Crippen molar-refractivity contribution in [3.63, 3.8) is 0 Å². The molecule has 0 saturated carbocycles. The number of rotatable bonds is 7. The Balaban J connectivity index is 1.54. The summed E-state index contributed by atoms with van der Waals surface area (Å²) in [5.74, 6) is -0.0799. The molecule has 3 aromatic carbocycles. The molecular weight excluding hydrogens is 418 g/mol. The SMILES string of the molecule is CCc1cc(Cc2ccccc2)cc2c1NCCC2NC(=O)C(N)Cc1c(C)cc(C)cc1C. The quantitative estimate of drug-likeness (QED) is 0.452. The molecule has 1 aliphatic rings. The highest BCUT2D eigenvalue weighted by Gasteiger charge is 2.26. The number of nitrogens with two attached hydrogens (primary N) is 1. The van der Waals surface area contributed by atoms with E-state index in [1.54, 1.807) is 0 Å². The van der Waals surface area contributed by atoms with E-state index in [1.165, 1.54) is 50.2 Å². The molecule has 0 spiro atoms. The number of fused-ring (bicyclic) bond motifs is 1. The second-order valence-corrected chi connectivity index (χ2v) is 9.70. The number of hydrogen-bond donors (Lipinski definition) is 3. The molecule has 178 valence electrons. The van der Waals surface area contributed by atoms with Gasteiger partial charge < -0.3 is 16.4 Å². The molecule has 2 unspecified atom stereocenters. The lowest BCUT2D eigenvalue weighted by Gasteiger charge is -2.31. The summed E-state index contributed by atoms with van der Waals surface area (Å²) in [6, 6.07) is 18.8. The molecule has 4 heteroatoms. The van der Waals surface area contributed by atoms with Gasteiger partial charge in [0.1, 0.15) is 0 Å². The molecule has 1 heterocycles. The van der Waals surface area contributed by atoms with Crippen molar-refractivity contribution in [1.29, 1.82) is 0 Å². The van der Waals surface area contributed by atoms with Gasteiger partial charge in [-0.15, -0.1) is 0 Å². The van der Waals surface area contributed by atoms with E-state index in [0.29, 0.717) is 6.42 Å². The van der Waals surface area contributed by atoms with Crippen molar-refractivity contribution in [3.8, 4) is 0 Å². The first-order valence-electron chi connectivity index (χ1n) is 12.4. The molecule has 0 fully saturated rings. The smallest absolute Gasteiger partial charge is 0.237 e. The number of hydrogen-bond acceptors (Lipinski definition) is 3. The minimum atomic E-state index is -0.573. The Bertz CT molecular complexity index is 1150. The van der Waals surface area contributed by atoms with E-state index in [0.717, 1.165) is 25.8 Å². The first kappa shape index (κ1) is 24.0. The molecule has 4 nitrogen and oxygen atoms in total. The molecule has 0 saturated heterocycles. The zero-order valence-electron chi connectivity index (χ0n) is 20.9. The van der Waals surface area contributed by atoms with Crippen molar-refractivity contribution >= 4 is 11.6 Å². The fraction of sp³-hybridized carbons (Fsp3) is 0.367. The second-order valence-electron chi connectivity index (χ2n) is 9.70. The molecule has 1 aliphatic heterocycles. The van der Waals surface area contributed by atoms with Gasteiger partial charge >= 0.3 is 0 Å². The van der Waals surface area contributed by atoms with Gasteiger partial charge in [-0.3, -0.25) is 4.79 Å². The van der Waals surface area contributed by atoms with Crippen LogP contribution in [0.2, 0.25) is 0 Å². The molecule has 34 heavy (non-hydrogen) atoms. The van der Waals surface area contributed by atoms with Gasteiger partial charge in [0.05, 0.1) is 12.1 Å². The summed E-state index contributed by atoms with van der Waals surface area (Å²) >= 11 is 0. The Hall–Kier alpha value is -3.11. The molecule has 1 amide bonds. The number of aryl methyl sites for hydroxylation is 4. The van der Waals surface area contributed by atoms with Crippen LogP contribution in [0, 0.1) is 20.8 Å². The minimum absolute atomic E-state index is 0.0314. The summed E-state index contributed by atoms with van der Waals surface area (Å²) < 4.78 is 0. The third-order valence-electron chi connectivity index (χ3n) is 6.97. The molecular formula is C30H37N3O. The summed E-state index contributed by atoms with van der Waals surface area (Å²) in [4.78, 5) is 13.2. The van der Waals surface area contributed by atoms with Gasteiger partial charge in [-0.05, 0) is 85.4 Å². The molecule has 4 N–H and O–H groups in total. The predicted octanol–water partition coefficient (Wildman–Crippen LogP) is 5.31. The van der Waals surface area contributed by atoms with Gasteiger partial charge in [0.2, 0.25) is 5.91 Å². The standard InChI is InChI=1S/C30H37N3O/c1-5-24-16-23(15-22-9-7-6-8-10-22)17-26-28(11-12-32-29(24)26)33-30(34)27(31)18-25-20(3)13-19(2)14-21(25)4/h6-10,13-14,16-17,27-28,32H,5,11-12,15,18,31H2,1-4H3,(H,33,34). The normalized spacial score (nSPS) is 15.9.